The number of nitrogens with one attached hydrogen (secondary N) is 1. The summed E-state index contributed by atoms with van der Waals surface area (Å²) in [5.41, 5.74) is 1.10. The SMILES string of the molecule is C=CC(=O)N1CCC(C(=O)NCc2cc(Cl)c3c(c2)OCCO3)(c2ccccc2)CC1. The maximum atomic E-state index is 13.5. The van der Waals surface area contributed by atoms with Crippen LogP contribution in [0.2, 0.25) is 5.02 Å². The van der Waals surface area contributed by atoms with E-state index < -0.39 is 5.41 Å². The number of nitrogens with zero attached hydrogens (tertiary/aromatic N) is 1. The van der Waals surface area contributed by atoms with Crippen LogP contribution in [0.3, 0.4) is 0 Å². The van der Waals surface area contributed by atoms with Gasteiger partial charge in [0.2, 0.25) is 11.8 Å². The van der Waals surface area contributed by atoms with Gasteiger partial charge in [-0.15, -0.1) is 0 Å². The number of amides is 2. The Balaban J connectivity index is 1.53. The Labute approximate surface area is 186 Å². The van der Waals surface area contributed by atoms with E-state index in [1.165, 1.54) is 6.08 Å². The third-order valence-corrected chi connectivity index (χ3v) is 6.25. The highest BCUT2D eigenvalue weighted by Gasteiger charge is 2.43. The number of piperidine rings is 1. The number of carbonyl (C=O) groups is 2. The first-order valence-electron chi connectivity index (χ1n) is 10.4. The summed E-state index contributed by atoms with van der Waals surface area (Å²) in [6, 6.07) is 13.4. The van der Waals surface area contributed by atoms with Gasteiger partial charge >= 0.3 is 0 Å². The quantitative estimate of drug-likeness (QED) is 0.723. The van der Waals surface area contributed by atoms with Gasteiger partial charge < -0.3 is 19.7 Å². The van der Waals surface area contributed by atoms with Gasteiger partial charge in [0, 0.05) is 19.6 Å². The van der Waals surface area contributed by atoms with Crippen molar-refractivity contribution in [2.24, 2.45) is 0 Å². The molecule has 1 saturated heterocycles. The Kier molecular flexibility index (Phi) is 6.18. The number of hydrogen-bond donors (Lipinski definition) is 1. The normalized spacial score (nSPS) is 17.0. The highest BCUT2D eigenvalue weighted by molar-refractivity contribution is 6.32. The number of ether oxygens (including phenoxy) is 2. The summed E-state index contributed by atoms with van der Waals surface area (Å²) >= 11 is 6.33. The van der Waals surface area contributed by atoms with Crippen LogP contribution in [-0.2, 0) is 21.5 Å². The van der Waals surface area contributed by atoms with E-state index in [4.69, 9.17) is 21.1 Å². The molecule has 2 amide bonds. The van der Waals surface area contributed by atoms with Crippen LogP contribution in [0.4, 0.5) is 0 Å². The van der Waals surface area contributed by atoms with Crippen molar-refractivity contribution in [3.63, 3.8) is 0 Å². The number of carbonyl (C=O) groups excluding carboxylic acids is 2. The first-order valence-corrected chi connectivity index (χ1v) is 10.7. The minimum Gasteiger partial charge on any atom is -0.486 e. The second-order valence-electron chi connectivity index (χ2n) is 7.76. The molecule has 1 N–H and O–H groups in total. The van der Waals surface area contributed by atoms with E-state index in [1.54, 1.807) is 11.0 Å². The number of rotatable bonds is 5. The number of fused-ring (bicyclic) bond motifs is 1. The molecule has 2 heterocycles. The summed E-state index contributed by atoms with van der Waals surface area (Å²) in [5.74, 6) is 0.975. The smallest absolute Gasteiger partial charge is 0.245 e. The van der Waals surface area contributed by atoms with Crippen LogP contribution >= 0.6 is 11.6 Å². The summed E-state index contributed by atoms with van der Waals surface area (Å²) < 4.78 is 11.2. The lowest BCUT2D eigenvalue weighted by Crippen LogP contribution is -2.52. The number of likely N-dealkylation sites (tertiary alicyclic amines) is 1. The van der Waals surface area contributed by atoms with Crippen LogP contribution < -0.4 is 14.8 Å². The molecule has 0 bridgehead atoms. The van der Waals surface area contributed by atoms with E-state index in [-0.39, 0.29) is 11.8 Å². The maximum Gasteiger partial charge on any atom is 0.245 e. The van der Waals surface area contributed by atoms with Crippen LogP contribution in [0, 0.1) is 0 Å². The van der Waals surface area contributed by atoms with E-state index in [0.29, 0.717) is 62.2 Å². The molecule has 0 spiro atoms. The van der Waals surface area contributed by atoms with Gasteiger partial charge in [0.05, 0.1) is 10.4 Å². The molecule has 0 aliphatic carbocycles. The molecule has 0 saturated carbocycles. The van der Waals surface area contributed by atoms with Crippen LogP contribution in [0.5, 0.6) is 11.5 Å². The lowest BCUT2D eigenvalue weighted by Gasteiger charge is -2.40. The molecular formula is C24H25ClN2O4. The second kappa shape index (κ2) is 9.02. The second-order valence-corrected chi connectivity index (χ2v) is 8.17. The van der Waals surface area contributed by atoms with Crippen molar-refractivity contribution in [3.05, 3.63) is 71.3 Å². The lowest BCUT2D eigenvalue weighted by atomic mass is 9.72. The molecule has 2 aliphatic heterocycles. The zero-order chi connectivity index (χ0) is 21.8. The van der Waals surface area contributed by atoms with Crippen molar-refractivity contribution in [1.29, 1.82) is 0 Å². The minimum absolute atomic E-state index is 0.0598. The average molecular weight is 441 g/mol. The third-order valence-electron chi connectivity index (χ3n) is 5.97. The molecule has 31 heavy (non-hydrogen) atoms. The van der Waals surface area contributed by atoms with Crippen molar-refractivity contribution in [2.75, 3.05) is 26.3 Å². The number of hydrogen-bond acceptors (Lipinski definition) is 4. The highest BCUT2D eigenvalue weighted by Crippen LogP contribution is 2.39. The highest BCUT2D eigenvalue weighted by atomic mass is 35.5. The molecule has 7 heteroatoms. The van der Waals surface area contributed by atoms with E-state index >= 15 is 0 Å². The largest absolute Gasteiger partial charge is 0.486 e. The summed E-state index contributed by atoms with van der Waals surface area (Å²) in [6.07, 6.45) is 2.41. The zero-order valence-electron chi connectivity index (χ0n) is 17.2. The van der Waals surface area contributed by atoms with Crippen molar-refractivity contribution < 1.29 is 19.1 Å². The minimum atomic E-state index is -0.698. The first kappa shape index (κ1) is 21.2. The molecule has 2 aliphatic rings. The van der Waals surface area contributed by atoms with Gasteiger partial charge in [-0.05, 0) is 42.2 Å². The molecule has 0 radical (unpaired) electrons. The molecule has 6 nitrogen and oxygen atoms in total. The van der Waals surface area contributed by atoms with Crippen molar-refractivity contribution in [2.45, 2.75) is 24.8 Å². The van der Waals surface area contributed by atoms with Gasteiger partial charge in [0.25, 0.3) is 0 Å². The molecule has 4 rings (SSSR count). The standard InChI is InChI=1S/C24H25ClN2O4/c1-2-21(28)27-10-8-24(9-11-27,18-6-4-3-5-7-18)23(29)26-16-17-14-19(25)22-20(15-17)30-12-13-31-22/h2-7,14-15H,1,8-13,16H2,(H,26,29). The Morgan fingerprint density at radius 2 is 1.84 bits per heavy atom. The van der Waals surface area contributed by atoms with Gasteiger partial charge in [0.15, 0.2) is 11.5 Å². The fourth-order valence-electron chi connectivity index (χ4n) is 4.26. The predicted molar refractivity (Wildman–Crippen MR) is 118 cm³/mol. The Morgan fingerprint density at radius 1 is 1.13 bits per heavy atom. The zero-order valence-corrected chi connectivity index (χ0v) is 18.0. The Bertz CT molecular complexity index is 985. The summed E-state index contributed by atoms with van der Waals surface area (Å²) in [5, 5.41) is 3.55. The van der Waals surface area contributed by atoms with E-state index in [2.05, 4.69) is 11.9 Å². The molecule has 0 atom stereocenters. The number of benzene rings is 2. The topological polar surface area (TPSA) is 67.9 Å². The summed E-state index contributed by atoms with van der Waals surface area (Å²) in [7, 11) is 0. The monoisotopic (exact) mass is 440 g/mol. The van der Waals surface area contributed by atoms with Crippen molar-refractivity contribution in [3.8, 4) is 11.5 Å². The van der Waals surface area contributed by atoms with Crippen LogP contribution in [0.15, 0.2) is 55.1 Å². The molecule has 162 valence electrons. The van der Waals surface area contributed by atoms with E-state index in [0.717, 1.165) is 11.1 Å². The summed E-state index contributed by atoms with van der Waals surface area (Å²) in [6.45, 7) is 5.82. The molecule has 1 fully saturated rings. The van der Waals surface area contributed by atoms with Crippen molar-refractivity contribution in [1.82, 2.24) is 10.2 Å². The van der Waals surface area contributed by atoms with Gasteiger partial charge in [-0.25, -0.2) is 0 Å². The Morgan fingerprint density at radius 3 is 2.55 bits per heavy atom. The van der Waals surface area contributed by atoms with Gasteiger partial charge in [-0.3, -0.25) is 9.59 Å². The molecule has 2 aromatic carbocycles. The lowest BCUT2D eigenvalue weighted by molar-refractivity contribution is -0.134. The van der Waals surface area contributed by atoms with Gasteiger partial charge in [-0.1, -0.05) is 48.5 Å². The van der Waals surface area contributed by atoms with E-state index in [1.807, 2.05) is 36.4 Å². The van der Waals surface area contributed by atoms with Crippen LogP contribution in [0.25, 0.3) is 0 Å². The number of halogens is 1. The van der Waals surface area contributed by atoms with Crippen LogP contribution in [-0.4, -0.2) is 43.0 Å². The van der Waals surface area contributed by atoms with Gasteiger partial charge in [0.1, 0.15) is 13.2 Å². The average Bonchev–Trinajstić information content (AvgIpc) is 2.82. The molecular weight excluding hydrogens is 416 g/mol. The Hall–Kier alpha value is -2.99. The van der Waals surface area contributed by atoms with E-state index in [9.17, 15) is 9.59 Å². The predicted octanol–water partition coefficient (Wildman–Crippen LogP) is 3.47. The van der Waals surface area contributed by atoms with Gasteiger partial charge in [-0.2, -0.15) is 0 Å². The summed E-state index contributed by atoms with van der Waals surface area (Å²) in [4.78, 5) is 27.2. The first-order chi connectivity index (χ1) is 15.0. The molecule has 0 aromatic heterocycles. The fourth-order valence-corrected chi connectivity index (χ4v) is 4.55. The van der Waals surface area contributed by atoms with Crippen LogP contribution in [0.1, 0.15) is 24.0 Å². The third kappa shape index (κ3) is 4.26. The molecule has 0 unspecified atom stereocenters. The van der Waals surface area contributed by atoms with Crippen molar-refractivity contribution >= 4 is 23.4 Å². The molecule has 2 aromatic rings. The fraction of sp³-hybridized carbons (Fsp3) is 0.333. The maximum absolute atomic E-state index is 13.5.